The van der Waals surface area contributed by atoms with Gasteiger partial charge in [-0.2, -0.15) is 15.0 Å². The lowest BCUT2D eigenvalue weighted by atomic mass is 9.88. The summed E-state index contributed by atoms with van der Waals surface area (Å²) in [7, 11) is 0. The number of nitrogens with zero attached hydrogens (tertiary/aromatic N) is 5. The number of piperazine rings is 1. The Balaban J connectivity index is 1.25. The quantitative estimate of drug-likeness (QED) is 0.367. The summed E-state index contributed by atoms with van der Waals surface area (Å²) in [5, 5.41) is 8.70. The molecular weight excluding hydrogens is 460 g/mol. The summed E-state index contributed by atoms with van der Waals surface area (Å²) in [5.41, 5.74) is 9.58. The summed E-state index contributed by atoms with van der Waals surface area (Å²) in [6.45, 7) is 13.0. The lowest BCUT2D eigenvalue weighted by Gasteiger charge is -2.36. The van der Waals surface area contributed by atoms with E-state index in [2.05, 4.69) is 103 Å². The lowest BCUT2D eigenvalue weighted by Crippen LogP contribution is -2.53. The molecule has 2 heterocycles. The molecule has 192 valence electrons. The predicted molar refractivity (Wildman–Crippen MR) is 151 cm³/mol. The van der Waals surface area contributed by atoms with Gasteiger partial charge in [-0.3, -0.25) is 5.43 Å². The van der Waals surface area contributed by atoms with Crippen molar-refractivity contribution in [1.29, 1.82) is 0 Å². The van der Waals surface area contributed by atoms with Gasteiger partial charge in [0.2, 0.25) is 17.8 Å². The van der Waals surface area contributed by atoms with E-state index in [1.807, 2.05) is 0 Å². The fourth-order valence-corrected chi connectivity index (χ4v) is 5.14. The van der Waals surface area contributed by atoms with E-state index in [1.54, 1.807) is 12.2 Å². The zero-order valence-electron chi connectivity index (χ0n) is 21.4. The molecule has 3 N–H and O–H groups in total. The molecule has 0 atom stereocenters. The number of rotatable bonds is 10. The van der Waals surface area contributed by atoms with E-state index in [-0.39, 0.29) is 0 Å². The van der Waals surface area contributed by atoms with Crippen LogP contribution in [0.3, 0.4) is 0 Å². The van der Waals surface area contributed by atoms with Crippen LogP contribution in [0.5, 0.6) is 0 Å². The smallest absolute Gasteiger partial charge is 0.232 e. The van der Waals surface area contributed by atoms with Crippen LogP contribution in [0, 0.1) is 0 Å². The second-order valence-electron chi connectivity index (χ2n) is 9.41. The SMILES string of the molecule is C=CCNc1nc(NCC=C)nc(N2CCN(NCC3c4ccccc4CCc4ccccc43)CC2)n1. The molecule has 37 heavy (non-hydrogen) atoms. The molecule has 0 bridgehead atoms. The number of benzene rings is 2. The molecule has 5 rings (SSSR count). The van der Waals surface area contributed by atoms with Crippen molar-refractivity contribution in [3.8, 4) is 0 Å². The second-order valence-corrected chi connectivity index (χ2v) is 9.41. The van der Waals surface area contributed by atoms with Gasteiger partial charge < -0.3 is 15.5 Å². The van der Waals surface area contributed by atoms with Crippen LogP contribution < -0.4 is 21.0 Å². The first-order chi connectivity index (χ1) is 18.2. The standard InChI is InChI=1S/C29H36N8/c1-3-15-30-27-33-28(31-16-4-2)35-29(34-27)36-17-19-37(20-18-36)32-21-26-24-11-7-5-9-22(24)13-14-23-10-6-8-12-25(23)26/h3-12,26,32H,1-2,13-21H2,(H2,30,31,33,34,35). The van der Waals surface area contributed by atoms with Crippen molar-refractivity contribution in [3.05, 3.63) is 96.1 Å². The van der Waals surface area contributed by atoms with Gasteiger partial charge in [-0.25, -0.2) is 5.01 Å². The largest absolute Gasteiger partial charge is 0.351 e. The van der Waals surface area contributed by atoms with Gasteiger partial charge in [-0.15, -0.1) is 13.2 Å². The maximum absolute atomic E-state index is 4.65. The third-order valence-electron chi connectivity index (χ3n) is 7.04. The predicted octanol–water partition coefficient (Wildman–Crippen LogP) is 3.62. The van der Waals surface area contributed by atoms with Crippen LogP contribution >= 0.6 is 0 Å². The Labute approximate surface area is 219 Å². The van der Waals surface area contributed by atoms with E-state index >= 15 is 0 Å². The first-order valence-corrected chi connectivity index (χ1v) is 13.1. The number of hydrogen-bond donors (Lipinski definition) is 3. The van der Waals surface area contributed by atoms with Crippen LogP contribution in [0.15, 0.2) is 73.8 Å². The summed E-state index contributed by atoms with van der Waals surface area (Å²) in [4.78, 5) is 16.0. The summed E-state index contributed by atoms with van der Waals surface area (Å²) in [5.74, 6) is 2.11. The molecule has 0 unspecified atom stereocenters. The van der Waals surface area contributed by atoms with Crippen LogP contribution in [0.2, 0.25) is 0 Å². The van der Waals surface area contributed by atoms with Gasteiger partial charge >= 0.3 is 0 Å². The summed E-state index contributed by atoms with van der Waals surface area (Å²) >= 11 is 0. The zero-order valence-corrected chi connectivity index (χ0v) is 21.4. The molecule has 0 radical (unpaired) electrons. The van der Waals surface area contributed by atoms with Gasteiger partial charge in [0.15, 0.2) is 0 Å². The normalized spacial score (nSPS) is 15.8. The Kier molecular flexibility index (Phi) is 8.08. The Morgan fingerprint density at radius 2 is 1.30 bits per heavy atom. The minimum absolute atomic E-state index is 0.341. The first kappa shape index (κ1) is 24.9. The molecule has 0 spiro atoms. The van der Waals surface area contributed by atoms with Gasteiger partial charge in [0.05, 0.1) is 0 Å². The number of aromatic nitrogens is 3. The van der Waals surface area contributed by atoms with E-state index in [9.17, 15) is 0 Å². The second kappa shape index (κ2) is 12.0. The highest BCUT2D eigenvalue weighted by Gasteiger charge is 2.25. The van der Waals surface area contributed by atoms with Crippen LogP contribution in [0.4, 0.5) is 17.8 Å². The van der Waals surface area contributed by atoms with Gasteiger partial charge in [-0.1, -0.05) is 60.7 Å². The molecule has 1 aromatic heterocycles. The van der Waals surface area contributed by atoms with Gasteiger partial charge in [0, 0.05) is 51.7 Å². The van der Waals surface area contributed by atoms with Crippen molar-refractivity contribution < 1.29 is 0 Å². The van der Waals surface area contributed by atoms with E-state index in [4.69, 9.17) is 0 Å². The number of fused-ring (bicyclic) bond motifs is 2. The minimum atomic E-state index is 0.341. The van der Waals surface area contributed by atoms with E-state index in [1.165, 1.54) is 22.3 Å². The first-order valence-electron chi connectivity index (χ1n) is 13.1. The topological polar surface area (TPSA) is 81.2 Å². The van der Waals surface area contributed by atoms with Crippen molar-refractivity contribution in [2.75, 3.05) is 61.3 Å². The lowest BCUT2D eigenvalue weighted by molar-refractivity contribution is 0.173. The highest BCUT2D eigenvalue weighted by molar-refractivity contribution is 5.46. The number of aryl methyl sites for hydroxylation is 2. The molecule has 2 aliphatic rings. The maximum Gasteiger partial charge on any atom is 0.232 e. The van der Waals surface area contributed by atoms with Crippen molar-refractivity contribution in [3.63, 3.8) is 0 Å². The van der Waals surface area contributed by atoms with Crippen LogP contribution in [0.25, 0.3) is 0 Å². The average Bonchev–Trinajstić information content (AvgIpc) is 3.11. The zero-order chi connectivity index (χ0) is 25.5. The van der Waals surface area contributed by atoms with E-state index < -0.39 is 0 Å². The highest BCUT2D eigenvalue weighted by Crippen LogP contribution is 2.33. The summed E-state index contributed by atoms with van der Waals surface area (Å²) in [6, 6.07) is 17.9. The fourth-order valence-electron chi connectivity index (χ4n) is 5.14. The van der Waals surface area contributed by atoms with Gasteiger partial charge in [0.25, 0.3) is 0 Å². The highest BCUT2D eigenvalue weighted by atomic mass is 15.5. The van der Waals surface area contributed by atoms with Crippen molar-refractivity contribution >= 4 is 17.8 Å². The van der Waals surface area contributed by atoms with Gasteiger partial charge in [0.1, 0.15) is 0 Å². The number of hydrazine groups is 1. The average molecular weight is 497 g/mol. The molecule has 1 aliphatic heterocycles. The fraction of sp³-hybridized carbons (Fsp3) is 0.345. The molecule has 0 amide bonds. The molecule has 3 aromatic rings. The molecular formula is C29H36N8. The van der Waals surface area contributed by atoms with Crippen molar-refractivity contribution in [2.24, 2.45) is 0 Å². The molecule has 8 nitrogen and oxygen atoms in total. The van der Waals surface area contributed by atoms with E-state index in [0.29, 0.717) is 36.9 Å². The molecule has 1 saturated heterocycles. The molecule has 1 fully saturated rings. The van der Waals surface area contributed by atoms with Crippen LogP contribution in [-0.2, 0) is 12.8 Å². The monoisotopic (exact) mass is 496 g/mol. The molecule has 8 heteroatoms. The number of anilines is 3. The third kappa shape index (κ3) is 5.98. The Morgan fingerprint density at radius 3 is 1.84 bits per heavy atom. The number of hydrogen-bond acceptors (Lipinski definition) is 8. The molecule has 2 aromatic carbocycles. The third-order valence-corrected chi connectivity index (χ3v) is 7.04. The molecule has 1 aliphatic carbocycles. The Hall–Kier alpha value is -3.75. The Morgan fingerprint density at radius 1 is 0.757 bits per heavy atom. The van der Waals surface area contributed by atoms with Crippen molar-refractivity contribution in [2.45, 2.75) is 18.8 Å². The van der Waals surface area contributed by atoms with Gasteiger partial charge in [-0.05, 0) is 35.1 Å². The van der Waals surface area contributed by atoms with Crippen molar-refractivity contribution in [1.82, 2.24) is 25.4 Å². The summed E-state index contributed by atoms with van der Waals surface area (Å²) in [6.07, 6.45) is 5.77. The summed E-state index contributed by atoms with van der Waals surface area (Å²) < 4.78 is 0. The Bertz CT molecular complexity index is 1140. The van der Waals surface area contributed by atoms with E-state index in [0.717, 1.165) is 45.6 Å². The number of nitrogens with one attached hydrogen (secondary N) is 3. The maximum atomic E-state index is 4.65. The minimum Gasteiger partial charge on any atom is -0.351 e. The van der Waals surface area contributed by atoms with Crippen LogP contribution in [-0.4, -0.2) is 65.8 Å². The van der Waals surface area contributed by atoms with Crippen LogP contribution in [0.1, 0.15) is 28.2 Å². The molecule has 0 saturated carbocycles.